The molecule has 0 spiro atoms. The first-order valence-electron chi connectivity index (χ1n) is 5.79. The van der Waals surface area contributed by atoms with Gasteiger partial charge in [-0.1, -0.05) is 40.5 Å². The van der Waals surface area contributed by atoms with Gasteiger partial charge >= 0.3 is 0 Å². The standard InChI is InChI=1S/C14H9Cl2N3O/c15-8-5-6-12(17)10(7-8)14-18-13(19-20-14)9-3-1-2-4-11(9)16/h1-7H,17H2. The molecule has 0 aliphatic carbocycles. The van der Waals surface area contributed by atoms with Gasteiger partial charge in [-0.05, 0) is 30.3 Å². The number of halogens is 2. The Morgan fingerprint density at radius 3 is 2.60 bits per heavy atom. The van der Waals surface area contributed by atoms with E-state index in [0.29, 0.717) is 38.6 Å². The topological polar surface area (TPSA) is 64.9 Å². The molecule has 3 aromatic rings. The summed E-state index contributed by atoms with van der Waals surface area (Å²) in [5, 5.41) is 5.03. The van der Waals surface area contributed by atoms with Crippen molar-refractivity contribution in [3.8, 4) is 22.8 Å². The first-order valence-corrected chi connectivity index (χ1v) is 6.55. The number of nitrogen functional groups attached to an aromatic ring is 1. The van der Waals surface area contributed by atoms with Gasteiger partial charge in [0.15, 0.2) is 0 Å². The third-order valence-electron chi connectivity index (χ3n) is 2.79. The molecule has 20 heavy (non-hydrogen) atoms. The number of nitrogens with two attached hydrogens (primary N) is 1. The summed E-state index contributed by atoms with van der Waals surface area (Å²) in [5.41, 5.74) is 7.70. The van der Waals surface area contributed by atoms with Gasteiger partial charge in [0.25, 0.3) is 5.89 Å². The summed E-state index contributed by atoms with van der Waals surface area (Å²) in [7, 11) is 0. The second-order valence-electron chi connectivity index (χ2n) is 4.13. The molecular weight excluding hydrogens is 297 g/mol. The number of rotatable bonds is 2. The maximum atomic E-state index is 6.10. The lowest BCUT2D eigenvalue weighted by atomic mass is 10.2. The summed E-state index contributed by atoms with van der Waals surface area (Å²) >= 11 is 12.1. The number of benzene rings is 2. The van der Waals surface area contributed by atoms with Crippen molar-refractivity contribution < 1.29 is 4.52 Å². The van der Waals surface area contributed by atoms with E-state index in [1.54, 1.807) is 24.3 Å². The monoisotopic (exact) mass is 305 g/mol. The van der Waals surface area contributed by atoms with Crippen LogP contribution < -0.4 is 5.73 Å². The van der Waals surface area contributed by atoms with E-state index in [1.807, 2.05) is 18.2 Å². The van der Waals surface area contributed by atoms with Gasteiger partial charge in [0.05, 0.1) is 10.6 Å². The van der Waals surface area contributed by atoms with Crippen LogP contribution >= 0.6 is 23.2 Å². The van der Waals surface area contributed by atoms with Gasteiger partial charge < -0.3 is 10.3 Å². The average molecular weight is 306 g/mol. The summed E-state index contributed by atoms with van der Waals surface area (Å²) < 4.78 is 5.24. The Morgan fingerprint density at radius 2 is 1.80 bits per heavy atom. The van der Waals surface area contributed by atoms with E-state index < -0.39 is 0 Å². The zero-order valence-electron chi connectivity index (χ0n) is 10.2. The predicted molar refractivity (Wildman–Crippen MR) is 79.6 cm³/mol. The van der Waals surface area contributed by atoms with Gasteiger partial charge in [-0.3, -0.25) is 0 Å². The Labute approximate surface area is 125 Å². The molecular formula is C14H9Cl2N3O. The van der Waals surface area contributed by atoms with Crippen molar-refractivity contribution in [1.82, 2.24) is 10.1 Å². The van der Waals surface area contributed by atoms with Crippen LogP contribution in [0.2, 0.25) is 10.0 Å². The van der Waals surface area contributed by atoms with Crippen LogP contribution in [0.15, 0.2) is 47.0 Å². The average Bonchev–Trinajstić information content (AvgIpc) is 2.91. The summed E-state index contributed by atoms with van der Waals surface area (Å²) in [6, 6.07) is 12.3. The number of aromatic nitrogens is 2. The van der Waals surface area contributed by atoms with E-state index in [0.717, 1.165) is 0 Å². The molecule has 2 aromatic carbocycles. The van der Waals surface area contributed by atoms with Crippen LogP contribution in [0.4, 0.5) is 5.69 Å². The number of anilines is 1. The molecule has 0 atom stereocenters. The predicted octanol–water partition coefficient (Wildman–Crippen LogP) is 4.29. The van der Waals surface area contributed by atoms with Gasteiger partial charge in [-0.2, -0.15) is 4.98 Å². The lowest BCUT2D eigenvalue weighted by Crippen LogP contribution is -1.90. The summed E-state index contributed by atoms with van der Waals surface area (Å²) in [6.07, 6.45) is 0. The maximum Gasteiger partial charge on any atom is 0.260 e. The molecule has 0 fully saturated rings. The maximum absolute atomic E-state index is 6.10. The summed E-state index contributed by atoms with van der Waals surface area (Å²) in [4.78, 5) is 4.31. The number of hydrogen-bond acceptors (Lipinski definition) is 4. The van der Waals surface area contributed by atoms with Crippen LogP contribution in [0.5, 0.6) is 0 Å². The molecule has 0 aliphatic rings. The smallest absolute Gasteiger partial charge is 0.260 e. The summed E-state index contributed by atoms with van der Waals surface area (Å²) in [6.45, 7) is 0. The van der Waals surface area contributed by atoms with Gasteiger partial charge in [0, 0.05) is 16.3 Å². The molecule has 0 saturated carbocycles. The Bertz CT molecular complexity index is 771. The van der Waals surface area contributed by atoms with E-state index in [1.165, 1.54) is 0 Å². The first kappa shape index (κ1) is 13.0. The van der Waals surface area contributed by atoms with Gasteiger partial charge in [-0.15, -0.1) is 0 Å². The normalized spacial score (nSPS) is 10.7. The van der Waals surface area contributed by atoms with Crippen LogP contribution in [0.25, 0.3) is 22.8 Å². The highest BCUT2D eigenvalue weighted by Gasteiger charge is 2.15. The fraction of sp³-hybridized carbons (Fsp3) is 0. The Hall–Kier alpha value is -2.04. The molecule has 0 radical (unpaired) electrons. The third kappa shape index (κ3) is 2.35. The van der Waals surface area contributed by atoms with E-state index in [2.05, 4.69) is 10.1 Å². The van der Waals surface area contributed by atoms with Crippen molar-refractivity contribution >= 4 is 28.9 Å². The zero-order valence-corrected chi connectivity index (χ0v) is 11.7. The summed E-state index contributed by atoms with van der Waals surface area (Å²) in [5.74, 6) is 0.713. The molecule has 100 valence electrons. The van der Waals surface area contributed by atoms with Crippen molar-refractivity contribution in [2.24, 2.45) is 0 Å². The van der Waals surface area contributed by atoms with Gasteiger partial charge in [-0.25, -0.2) is 0 Å². The Balaban J connectivity index is 2.07. The number of hydrogen-bond donors (Lipinski definition) is 1. The van der Waals surface area contributed by atoms with Gasteiger partial charge in [0.1, 0.15) is 0 Å². The van der Waals surface area contributed by atoms with Crippen LogP contribution in [0.3, 0.4) is 0 Å². The van der Waals surface area contributed by atoms with Crippen molar-refractivity contribution in [3.05, 3.63) is 52.5 Å². The van der Waals surface area contributed by atoms with Crippen molar-refractivity contribution in [1.29, 1.82) is 0 Å². The highest BCUT2D eigenvalue weighted by atomic mass is 35.5. The third-order valence-corrected chi connectivity index (χ3v) is 3.35. The lowest BCUT2D eigenvalue weighted by Gasteiger charge is -2.00. The quantitative estimate of drug-likeness (QED) is 0.717. The van der Waals surface area contributed by atoms with Crippen LogP contribution in [-0.4, -0.2) is 10.1 Å². The van der Waals surface area contributed by atoms with E-state index >= 15 is 0 Å². The fourth-order valence-electron chi connectivity index (χ4n) is 1.80. The number of nitrogens with zero attached hydrogens (tertiary/aromatic N) is 2. The molecule has 0 aliphatic heterocycles. The van der Waals surface area contributed by atoms with Crippen LogP contribution in [-0.2, 0) is 0 Å². The fourth-order valence-corrected chi connectivity index (χ4v) is 2.19. The minimum absolute atomic E-state index is 0.305. The molecule has 4 nitrogen and oxygen atoms in total. The lowest BCUT2D eigenvalue weighted by molar-refractivity contribution is 0.432. The van der Waals surface area contributed by atoms with Crippen molar-refractivity contribution in [2.75, 3.05) is 5.73 Å². The molecule has 2 N–H and O–H groups in total. The largest absolute Gasteiger partial charge is 0.398 e. The van der Waals surface area contributed by atoms with Crippen molar-refractivity contribution in [2.45, 2.75) is 0 Å². The molecule has 0 bridgehead atoms. The van der Waals surface area contributed by atoms with Crippen molar-refractivity contribution in [3.63, 3.8) is 0 Å². The highest BCUT2D eigenvalue weighted by Crippen LogP contribution is 2.31. The highest BCUT2D eigenvalue weighted by molar-refractivity contribution is 6.33. The van der Waals surface area contributed by atoms with Crippen LogP contribution in [0.1, 0.15) is 0 Å². The second-order valence-corrected chi connectivity index (χ2v) is 4.98. The molecule has 1 heterocycles. The van der Waals surface area contributed by atoms with E-state index in [4.69, 9.17) is 33.5 Å². The van der Waals surface area contributed by atoms with Gasteiger partial charge in [0.2, 0.25) is 5.82 Å². The second kappa shape index (κ2) is 5.15. The molecule has 3 rings (SSSR count). The molecule has 0 unspecified atom stereocenters. The molecule has 6 heteroatoms. The molecule has 1 aromatic heterocycles. The minimum atomic E-state index is 0.305. The van der Waals surface area contributed by atoms with E-state index in [-0.39, 0.29) is 0 Å². The SMILES string of the molecule is Nc1ccc(Cl)cc1-c1nc(-c2ccccc2Cl)no1. The molecule has 0 saturated heterocycles. The van der Waals surface area contributed by atoms with E-state index in [9.17, 15) is 0 Å². The first-order chi connectivity index (χ1) is 9.65. The Morgan fingerprint density at radius 1 is 1.00 bits per heavy atom. The zero-order chi connectivity index (χ0) is 14.1. The van der Waals surface area contributed by atoms with Crippen LogP contribution in [0, 0.1) is 0 Å². The Kier molecular flexibility index (Phi) is 3.34. The minimum Gasteiger partial charge on any atom is -0.398 e. The molecule has 0 amide bonds.